The number of rotatable bonds is 7. The van der Waals surface area contributed by atoms with Crippen molar-refractivity contribution in [2.45, 2.75) is 75.2 Å². The predicted molar refractivity (Wildman–Crippen MR) is 101 cm³/mol. The van der Waals surface area contributed by atoms with Crippen molar-refractivity contribution in [2.24, 2.45) is 5.92 Å². The Morgan fingerprint density at radius 1 is 1.24 bits per heavy atom. The first-order chi connectivity index (χ1) is 12.1. The van der Waals surface area contributed by atoms with Gasteiger partial charge in [-0.2, -0.15) is 0 Å². The molecule has 2 saturated carbocycles. The van der Waals surface area contributed by atoms with Gasteiger partial charge in [0.2, 0.25) is 16.9 Å². The maximum Gasteiger partial charge on any atom is 0.230 e. The fraction of sp³-hybridized carbons (Fsp3) is 0.765. The number of carbonyl (C=O) groups excluding carboxylic acids is 2. The van der Waals surface area contributed by atoms with Gasteiger partial charge >= 0.3 is 0 Å². The van der Waals surface area contributed by atoms with Crippen LogP contribution in [-0.2, 0) is 9.59 Å². The van der Waals surface area contributed by atoms with Gasteiger partial charge in [-0.1, -0.05) is 49.8 Å². The molecule has 3 rings (SSSR count). The van der Waals surface area contributed by atoms with Gasteiger partial charge in [-0.25, -0.2) is 0 Å². The van der Waals surface area contributed by atoms with Crippen molar-refractivity contribution in [3.05, 3.63) is 0 Å². The summed E-state index contributed by atoms with van der Waals surface area (Å²) < 4.78 is 0.747. The molecule has 2 fully saturated rings. The van der Waals surface area contributed by atoms with Crippen LogP contribution in [-0.4, -0.2) is 39.8 Å². The number of amides is 2. The van der Waals surface area contributed by atoms with Crippen molar-refractivity contribution in [3.8, 4) is 0 Å². The zero-order valence-electron chi connectivity index (χ0n) is 14.9. The highest BCUT2D eigenvalue weighted by Crippen LogP contribution is 2.36. The third-order valence-electron chi connectivity index (χ3n) is 4.87. The molecule has 0 unspecified atom stereocenters. The summed E-state index contributed by atoms with van der Waals surface area (Å²) >= 11 is 2.81. The molecule has 0 bridgehead atoms. The molecule has 0 aromatic carbocycles. The molecule has 6 nitrogen and oxygen atoms in total. The zero-order chi connectivity index (χ0) is 17.8. The third-order valence-corrected chi connectivity index (χ3v) is 6.93. The molecule has 8 heteroatoms. The lowest BCUT2D eigenvalue weighted by molar-refractivity contribution is -0.120. The highest BCUT2D eigenvalue weighted by Gasteiger charge is 2.35. The van der Waals surface area contributed by atoms with Gasteiger partial charge in [-0.05, 0) is 31.6 Å². The largest absolute Gasteiger partial charge is 0.352 e. The Kier molecular flexibility index (Phi) is 6.33. The van der Waals surface area contributed by atoms with Crippen molar-refractivity contribution in [3.63, 3.8) is 0 Å². The van der Waals surface area contributed by atoms with Crippen molar-refractivity contribution < 1.29 is 9.59 Å². The van der Waals surface area contributed by atoms with Gasteiger partial charge in [-0.15, -0.1) is 10.2 Å². The molecule has 1 heterocycles. The summed E-state index contributed by atoms with van der Waals surface area (Å²) in [7, 11) is 0. The molecule has 1 N–H and O–H groups in total. The molecule has 0 radical (unpaired) electrons. The smallest absolute Gasteiger partial charge is 0.230 e. The van der Waals surface area contributed by atoms with E-state index in [1.807, 2.05) is 6.92 Å². The van der Waals surface area contributed by atoms with Crippen LogP contribution >= 0.6 is 23.1 Å². The van der Waals surface area contributed by atoms with E-state index in [2.05, 4.69) is 22.4 Å². The molecule has 2 aliphatic carbocycles. The van der Waals surface area contributed by atoms with E-state index in [9.17, 15) is 9.59 Å². The van der Waals surface area contributed by atoms with Crippen LogP contribution in [0.2, 0.25) is 0 Å². The van der Waals surface area contributed by atoms with E-state index >= 15 is 0 Å². The van der Waals surface area contributed by atoms with Crippen molar-refractivity contribution in [1.29, 1.82) is 0 Å². The van der Waals surface area contributed by atoms with Crippen LogP contribution in [0, 0.1) is 5.92 Å². The minimum atomic E-state index is 0.0594. The summed E-state index contributed by atoms with van der Waals surface area (Å²) in [5.74, 6) is 1.06. The summed E-state index contributed by atoms with van der Waals surface area (Å²) in [6, 6.07) is 0.591. The lowest BCUT2D eigenvalue weighted by Gasteiger charge is -2.29. The molecule has 25 heavy (non-hydrogen) atoms. The Labute approximate surface area is 157 Å². The molecule has 0 saturated heterocycles. The van der Waals surface area contributed by atoms with Gasteiger partial charge in [0.05, 0.1) is 5.75 Å². The van der Waals surface area contributed by atoms with Gasteiger partial charge in [0.15, 0.2) is 4.34 Å². The summed E-state index contributed by atoms with van der Waals surface area (Å²) in [5, 5.41) is 12.1. The molecule has 0 spiro atoms. The standard InChI is InChI=1S/C17H26N4O2S2/c1-3-15(23)21(12-8-9-12)16-19-20-17(25-16)24-10-14(22)18-13-7-5-4-6-11(13)2/h11-13H,3-10H2,1-2H3,(H,18,22)/t11-,13-/m1/s1. The number of nitrogens with one attached hydrogen (secondary N) is 1. The van der Waals surface area contributed by atoms with Gasteiger partial charge in [0.25, 0.3) is 0 Å². The van der Waals surface area contributed by atoms with Crippen LogP contribution in [0.25, 0.3) is 0 Å². The van der Waals surface area contributed by atoms with Gasteiger partial charge in [-0.3, -0.25) is 14.5 Å². The van der Waals surface area contributed by atoms with Crippen LogP contribution in [0.5, 0.6) is 0 Å². The van der Waals surface area contributed by atoms with E-state index in [0.29, 0.717) is 29.3 Å². The number of nitrogens with zero attached hydrogens (tertiary/aromatic N) is 3. The van der Waals surface area contributed by atoms with Gasteiger partial charge in [0, 0.05) is 18.5 Å². The third kappa shape index (κ3) is 4.94. The monoisotopic (exact) mass is 382 g/mol. The van der Waals surface area contributed by atoms with E-state index in [1.165, 1.54) is 42.4 Å². The Balaban J connectivity index is 1.51. The first-order valence-corrected chi connectivity index (χ1v) is 11.0. The van der Waals surface area contributed by atoms with Crippen LogP contribution in [0.3, 0.4) is 0 Å². The Morgan fingerprint density at radius 3 is 2.68 bits per heavy atom. The van der Waals surface area contributed by atoms with E-state index in [0.717, 1.165) is 23.6 Å². The minimum absolute atomic E-state index is 0.0594. The van der Waals surface area contributed by atoms with E-state index in [1.54, 1.807) is 4.90 Å². The Bertz CT molecular complexity index is 618. The molecule has 1 aromatic rings. The average Bonchev–Trinajstić information content (AvgIpc) is 3.33. The fourth-order valence-electron chi connectivity index (χ4n) is 3.23. The molecule has 2 aliphatic rings. The van der Waals surface area contributed by atoms with Crippen molar-refractivity contribution in [2.75, 3.05) is 10.7 Å². The van der Waals surface area contributed by atoms with Gasteiger partial charge < -0.3 is 5.32 Å². The minimum Gasteiger partial charge on any atom is -0.352 e. The van der Waals surface area contributed by atoms with Crippen molar-refractivity contribution in [1.82, 2.24) is 15.5 Å². The summed E-state index contributed by atoms with van der Waals surface area (Å²) in [5.41, 5.74) is 0. The normalized spacial score (nSPS) is 23.3. The number of carbonyl (C=O) groups is 2. The average molecular weight is 383 g/mol. The Morgan fingerprint density at radius 2 is 2.00 bits per heavy atom. The Hall–Kier alpha value is -1.15. The molecular formula is C17H26N4O2S2. The topological polar surface area (TPSA) is 75.2 Å². The second kappa shape index (κ2) is 8.49. The highest BCUT2D eigenvalue weighted by molar-refractivity contribution is 8.01. The predicted octanol–water partition coefficient (Wildman–Crippen LogP) is 3.23. The zero-order valence-corrected chi connectivity index (χ0v) is 16.5. The second-order valence-corrected chi connectivity index (χ2v) is 9.10. The first kappa shape index (κ1) is 18.6. The van der Waals surface area contributed by atoms with E-state index in [-0.39, 0.29) is 17.9 Å². The molecular weight excluding hydrogens is 356 g/mol. The lowest BCUT2D eigenvalue weighted by Crippen LogP contribution is -2.41. The maximum atomic E-state index is 12.2. The number of hydrogen-bond donors (Lipinski definition) is 1. The molecule has 0 aliphatic heterocycles. The van der Waals surface area contributed by atoms with E-state index < -0.39 is 0 Å². The van der Waals surface area contributed by atoms with Crippen LogP contribution in [0.15, 0.2) is 4.34 Å². The fourth-order valence-corrected chi connectivity index (χ4v) is 4.98. The number of anilines is 1. The molecule has 2 amide bonds. The number of thioether (sulfide) groups is 1. The lowest BCUT2D eigenvalue weighted by atomic mass is 9.86. The summed E-state index contributed by atoms with van der Waals surface area (Å²) in [6.07, 6.45) is 7.29. The summed E-state index contributed by atoms with van der Waals surface area (Å²) in [4.78, 5) is 26.1. The number of aromatic nitrogens is 2. The van der Waals surface area contributed by atoms with Crippen LogP contribution < -0.4 is 10.2 Å². The SMILES string of the molecule is CCC(=O)N(c1nnc(SCC(=O)N[C@@H]2CCCC[C@H]2C)s1)C1CC1. The molecule has 1 aromatic heterocycles. The van der Waals surface area contributed by atoms with Crippen molar-refractivity contribution >= 4 is 40.0 Å². The summed E-state index contributed by atoms with van der Waals surface area (Å²) in [6.45, 7) is 4.08. The molecule has 138 valence electrons. The quantitative estimate of drug-likeness (QED) is 0.579. The van der Waals surface area contributed by atoms with Gasteiger partial charge in [0.1, 0.15) is 0 Å². The highest BCUT2D eigenvalue weighted by atomic mass is 32.2. The van der Waals surface area contributed by atoms with Crippen LogP contribution in [0.1, 0.15) is 58.8 Å². The molecule has 2 atom stereocenters. The number of hydrogen-bond acceptors (Lipinski definition) is 6. The van der Waals surface area contributed by atoms with Crippen LogP contribution in [0.4, 0.5) is 5.13 Å². The second-order valence-electron chi connectivity index (χ2n) is 6.92. The first-order valence-electron chi connectivity index (χ1n) is 9.16. The maximum absolute atomic E-state index is 12.2. The van der Waals surface area contributed by atoms with E-state index in [4.69, 9.17) is 0 Å².